The third kappa shape index (κ3) is 3.26. The average molecular weight is 299 g/mol. The molecule has 2 atom stereocenters. The lowest BCUT2D eigenvalue weighted by atomic mass is 10.2. The summed E-state index contributed by atoms with van der Waals surface area (Å²) in [5.41, 5.74) is 0. The molecule has 0 aromatic rings. The average Bonchev–Trinajstić information content (AvgIpc) is 2.82. The van der Waals surface area contributed by atoms with Crippen molar-refractivity contribution in [3.8, 4) is 0 Å². The Labute approximate surface area is 123 Å². The number of carbonyl (C=O) groups excluding carboxylic acids is 2. The second-order valence-electron chi connectivity index (χ2n) is 5.47. The van der Waals surface area contributed by atoms with Crippen LogP contribution >= 0.6 is 0 Å². The lowest BCUT2D eigenvalue weighted by Crippen LogP contribution is -2.50. The number of nitrogens with zero attached hydrogens (tertiary/aromatic N) is 3. The highest BCUT2D eigenvalue weighted by molar-refractivity contribution is 5.87. The van der Waals surface area contributed by atoms with Crippen LogP contribution in [0.3, 0.4) is 0 Å². The lowest BCUT2D eigenvalue weighted by Gasteiger charge is -2.28. The van der Waals surface area contributed by atoms with E-state index in [1.54, 1.807) is 11.9 Å². The number of hydrogen-bond acceptors (Lipinski definition) is 4. The van der Waals surface area contributed by atoms with Gasteiger partial charge >= 0.3 is 12.0 Å². The van der Waals surface area contributed by atoms with Crippen molar-refractivity contribution < 1.29 is 24.2 Å². The highest BCUT2D eigenvalue weighted by Gasteiger charge is 2.42. The summed E-state index contributed by atoms with van der Waals surface area (Å²) in [6.45, 7) is 1.30. The predicted octanol–water partition coefficient (Wildman–Crippen LogP) is -0.556. The molecule has 118 valence electrons. The maximum atomic E-state index is 12.5. The number of urea groups is 1. The molecule has 1 N–H and O–H groups in total. The first-order chi connectivity index (χ1) is 9.93. The fourth-order valence-corrected chi connectivity index (χ4v) is 2.75. The van der Waals surface area contributed by atoms with Crippen LogP contribution < -0.4 is 0 Å². The monoisotopic (exact) mass is 299 g/mol. The van der Waals surface area contributed by atoms with E-state index in [2.05, 4.69) is 0 Å². The molecule has 0 spiro atoms. The van der Waals surface area contributed by atoms with E-state index in [9.17, 15) is 19.5 Å². The molecule has 2 rings (SSSR count). The van der Waals surface area contributed by atoms with Gasteiger partial charge in [-0.2, -0.15) is 0 Å². The molecule has 2 saturated heterocycles. The third-order valence-electron chi connectivity index (χ3n) is 4.07. The van der Waals surface area contributed by atoms with Crippen molar-refractivity contribution in [1.29, 1.82) is 0 Å². The van der Waals surface area contributed by atoms with Gasteiger partial charge in [-0.15, -0.1) is 0 Å². The molecule has 2 fully saturated rings. The van der Waals surface area contributed by atoms with E-state index in [1.165, 1.54) is 16.9 Å². The number of rotatable bonds is 2. The summed E-state index contributed by atoms with van der Waals surface area (Å²) in [5.74, 6) is -1.17. The Morgan fingerprint density at radius 2 is 2.05 bits per heavy atom. The van der Waals surface area contributed by atoms with Crippen LogP contribution in [0.25, 0.3) is 0 Å². The van der Waals surface area contributed by atoms with E-state index in [-0.39, 0.29) is 31.5 Å². The van der Waals surface area contributed by atoms with Gasteiger partial charge in [-0.3, -0.25) is 4.79 Å². The van der Waals surface area contributed by atoms with Gasteiger partial charge in [-0.1, -0.05) is 0 Å². The molecule has 0 aromatic carbocycles. The Kier molecular flexibility index (Phi) is 4.66. The minimum Gasteiger partial charge on any atom is -0.480 e. The van der Waals surface area contributed by atoms with Crippen molar-refractivity contribution in [2.45, 2.75) is 25.0 Å². The lowest BCUT2D eigenvalue weighted by molar-refractivity contribution is -0.141. The van der Waals surface area contributed by atoms with Gasteiger partial charge in [0.05, 0.1) is 6.10 Å². The van der Waals surface area contributed by atoms with Gasteiger partial charge in [0.1, 0.15) is 12.6 Å². The van der Waals surface area contributed by atoms with Crippen molar-refractivity contribution in [2.75, 3.05) is 40.3 Å². The Bertz CT molecular complexity index is 442. The summed E-state index contributed by atoms with van der Waals surface area (Å²) in [5, 5.41) is 9.25. The Morgan fingerprint density at radius 1 is 1.33 bits per heavy atom. The molecule has 2 unspecified atom stereocenters. The molecule has 8 nitrogen and oxygen atoms in total. The van der Waals surface area contributed by atoms with Gasteiger partial charge in [0.15, 0.2) is 0 Å². The second kappa shape index (κ2) is 6.30. The molecule has 0 bridgehead atoms. The van der Waals surface area contributed by atoms with Gasteiger partial charge in [0.25, 0.3) is 0 Å². The van der Waals surface area contributed by atoms with E-state index in [4.69, 9.17) is 4.74 Å². The molecular formula is C13H21N3O5. The Morgan fingerprint density at radius 3 is 2.67 bits per heavy atom. The number of amides is 3. The van der Waals surface area contributed by atoms with Crippen LogP contribution in [0.2, 0.25) is 0 Å². The van der Waals surface area contributed by atoms with E-state index in [0.29, 0.717) is 19.5 Å². The SMILES string of the molecule is COC1CC(C(=O)O)N(C(=O)N2CCCN(C)C(=O)C2)C1. The van der Waals surface area contributed by atoms with Crippen molar-refractivity contribution in [3.05, 3.63) is 0 Å². The molecular weight excluding hydrogens is 278 g/mol. The smallest absolute Gasteiger partial charge is 0.326 e. The zero-order valence-electron chi connectivity index (χ0n) is 12.3. The van der Waals surface area contributed by atoms with E-state index < -0.39 is 18.0 Å². The van der Waals surface area contributed by atoms with Crippen molar-refractivity contribution in [2.24, 2.45) is 0 Å². The number of aliphatic carboxylic acids is 1. The maximum absolute atomic E-state index is 12.5. The van der Waals surface area contributed by atoms with Gasteiger partial charge < -0.3 is 24.5 Å². The van der Waals surface area contributed by atoms with Crippen LogP contribution in [0.5, 0.6) is 0 Å². The van der Waals surface area contributed by atoms with E-state index >= 15 is 0 Å². The first kappa shape index (κ1) is 15.6. The van der Waals surface area contributed by atoms with Crippen molar-refractivity contribution >= 4 is 17.9 Å². The minimum absolute atomic E-state index is 0.00415. The molecule has 21 heavy (non-hydrogen) atoms. The minimum atomic E-state index is -1.04. The quantitative estimate of drug-likeness (QED) is 0.738. The zero-order chi connectivity index (χ0) is 15.6. The Hall–Kier alpha value is -1.83. The first-order valence-electron chi connectivity index (χ1n) is 6.99. The third-order valence-corrected chi connectivity index (χ3v) is 4.07. The molecule has 0 saturated carbocycles. The second-order valence-corrected chi connectivity index (χ2v) is 5.47. The number of likely N-dealkylation sites (tertiary alicyclic amines) is 1. The van der Waals surface area contributed by atoms with Crippen LogP contribution in [0.4, 0.5) is 4.79 Å². The fourth-order valence-electron chi connectivity index (χ4n) is 2.75. The van der Waals surface area contributed by atoms with Crippen LogP contribution in [0.15, 0.2) is 0 Å². The van der Waals surface area contributed by atoms with Crippen molar-refractivity contribution in [3.63, 3.8) is 0 Å². The number of methoxy groups -OCH3 is 1. The number of hydrogen-bond donors (Lipinski definition) is 1. The number of carbonyl (C=O) groups is 3. The molecule has 8 heteroatoms. The molecule has 0 aliphatic carbocycles. The number of likely N-dealkylation sites (N-methyl/N-ethyl adjacent to an activating group) is 1. The molecule has 0 aromatic heterocycles. The topological polar surface area (TPSA) is 90.4 Å². The van der Waals surface area contributed by atoms with Gasteiger partial charge in [0.2, 0.25) is 5.91 Å². The summed E-state index contributed by atoms with van der Waals surface area (Å²) in [6.07, 6.45) is 0.687. The first-order valence-corrected chi connectivity index (χ1v) is 6.99. The fraction of sp³-hybridized carbons (Fsp3) is 0.769. The van der Waals surface area contributed by atoms with Crippen LogP contribution in [0, 0.1) is 0 Å². The molecule has 2 aliphatic rings. The summed E-state index contributed by atoms with van der Waals surface area (Å²) in [7, 11) is 3.20. The normalized spacial score (nSPS) is 27.0. The predicted molar refractivity (Wildman–Crippen MR) is 72.8 cm³/mol. The van der Waals surface area contributed by atoms with Gasteiger partial charge in [0, 0.05) is 40.2 Å². The van der Waals surface area contributed by atoms with Crippen molar-refractivity contribution in [1.82, 2.24) is 14.7 Å². The molecule has 0 radical (unpaired) electrons. The molecule has 3 amide bonds. The standard InChI is InChI=1S/C13H21N3O5/c1-14-4-3-5-15(8-11(14)17)13(20)16-7-9(21-2)6-10(16)12(18)19/h9-10H,3-8H2,1-2H3,(H,18,19). The zero-order valence-corrected chi connectivity index (χ0v) is 12.3. The highest BCUT2D eigenvalue weighted by atomic mass is 16.5. The number of ether oxygens (including phenoxy) is 1. The summed E-state index contributed by atoms with van der Waals surface area (Å²) < 4.78 is 5.17. The van der Waals surface area contributed by atoms with Crippen LogP contribution in [0.1, 0.15) is 12.8 Å². The van der Waals surface area contributed by atoms with E-state index in [0.717, 1.165) is 0 Å². The molecule has 2 aliphatic heterocycles. The molecule has 2 heterocycles. The van der Waals surface area contributed by atoms with Crippen LogP contribution in [-0.2, 0) is 14.3 Å². The van der Waals surface area contributed by atoms with Gasteiger partial charge in [-0.25, -0.2) is 9.59 Å². The number of carboxylic acid groups (broad SMARTS) is 1. The van der Waals surface area contributed by atoms with E-state index in [1.807, 2.05) is 0 Å². The summed E-state index contributed by atoms with van der Waals surface area (Å²) in [4.78, 5) is 40.0. The Balaban J connectivity index is 2.10. The van der Waals surface area contributed by atoms with Crippen LogP contribution in [-0.4, -0.2) is 90.2 Å². The summed E-state index contributed by atoms with van der Waals surface area (Å²) >= 11 is 0. The highest BCUT2D eigenvalue weighted by Crippen LogP contribution is 2.22. The van der Waals surface area contributed by atoms with Gasteiger partial charge in [-0.05, 0) is 6.42 Å². The maximum Gasteiger partial charge on any atom is 0.326 e. The number of carboxylic acids is 1. The summed E-state index contributed by atoms with van der Waals surface area (Å²) in [6, 6.07) is -1.29. The largest absolute Gasteiger partial charge is 0.480 e.